The molecule has 4 aromatic carbocycles. The number of nitrogens with one attached hydrogen (secondary N) is 1. The molecule has 5 rings (SSSR count). The van der Waals surface area contributed by atoms with Gasteiger partial charge in [0.05, 0.1) is 10.2 Å². The number of benzene rings is 4. The van der Waals surface area contributed by atoms with Crippen LogP contribution in [-0.2, 0) is 13.2 Å². The lowest BCUT2D eigenvalue weighted by Gasteiger charge is -2.09. The second kappa shape index (κ2) is 9.65. The number of halogens is 1. The summed E-state index contributed by atoms with van der Waals surface area (Å²) in [4.78, 5) is 4.77. The number of aromatic nitrogens is 1. The second-order valence-corrected chi connectivity index (χ2v) is 9.45. The number of fused-ring (bicyclic) bond motifs is 1. The molecule has 0 bridgehead atoms. The Balaban J connectivity index is 1.17. The zero-order valence-electron chi connectivity index (χ0n) is 18.2. The zero-order chi connectivity index (χ0) is 22.6. The molecule has 0 radical (unpaired) electrons. The van der Waals surface area contributed by atoms with E-state index in [2.05, 4.69) is 66.8 Å². The van der Waals surface area contributed by atoms with Crippen molar-refractivity contribution in [1.82, 2.24) is 4.98 Å². The van der Waals surface area contributed by atoms with Crippen LogP contribution >= 0.6 is 22.9 Å². The zero-order valence-corrected chi connectivity index (χ0v) is 19.8. The summed E-state index contributed by atoms with van der Waals surface area (Å²) in [6.07, 6.45) is 0. The molecule has 3 nitrogen and oxygen atoms in total. The van der Waals surface area contributed by atoms with E-state index in [4.69, 9.17) is 21.3 Å². The number of hydrogen-bond donors (Lipinski definition) is 1. The van der Waals surface area contributed by atoms with E-state index in [-0.39, 0.29) is 0 Å². The Bertz CT molecular complexity index is 1380. The SMILES string of the molecule is Cc1ccc2nc(-c3ccc(NCc4ccc(OCc5cccc(Cl)c5)cc4)cc3)sc2c1. The predicted octanol–water partition coefficient (Wildman–Crippen LogP) is 8.12. The van der Waals surface area contributed by atoms with Crippen LogP contribution in [0.15, 0.2) is 91.0 Å². The lowest BCUT2D eigenvalue weighted by molar-refractivity contribution is 0.306. The van der Waals surface area contributed by atoms with E-state index in [0.29, 0.717) is 6.61 Å². The first kappa shape index (κ1) is 21.5. The van der Waals surface area contributed by atoms with Gasteiger partial charge in [-0.2, -0.15) is 0 Å². The van der Waals surface area contributed by atoms with E-state index in [1.54, 1.807) is 11.3 Å². The first-order chi connectivity index (χ1) is 16.1. The van der Waals surface area contributed by atoms with Gasteiger partial charge in [0, 0.05) is 22.8 Å². The normalized spacial score (nSPS) is 11.0. The summed E-state index contributed by atoms with van der Waals surface area (Å²) in [6, 6.07) is 30.7. The Hall–Kier alpha value is -3.34. The maximum Gasteiger partial charge on any atom is 0.124 e. The number of hydrogen-bond acceptors (Lipinski definition) is 4. The van der Waals surface area contributed by atoms with Gasteiger partial charge < -0.3 is 10.1 Å². The van der Waals surface area contributed by atoms with Gasteiger partial charge in [-0.05, 0) is 84.3 Å². The Morgan fingerprint density at radius 1 is 0.879 bits per heavy atom. The van der Waals surface area contributed by atoms with Crippen LogP contribution in [0, 0.1) is 6.92 Å². The molecule has 0 saturated carbocycles. The van der Waals surface area contributed by atoms with Gasteiger partial charge in [0.2, 0.25) is 0 Å². The standard InChI is InChI=1S/C28H23ClN2OS/c1-19-5-14-26-27(15-19)33-28(31-26)22-8-10-24(11-9-22)30-17-20-6-12-25(13-7-20)32-18-21-3-2-4-23(29)16-21/h2-16,30H,17-18H2,1H3. The molecule has 0 fully saturated rings. The van der Waals surface area contributed by atoms with E-state index in [0.717, 1.165) is 44.7 Å². The van der Waals surface area contributed by atoms with Crippen molar-refractivity contribution in [1.29, 1.82) is 0 Å². The van der Waals surface area contributed by atoms with Crippen LogP contribution in [0.4, 0.5) is 5.69 Å². The molecule has 0 saturated heterocycles. The molecule has 0 aliphatic heterocycles. The molecule has 0 atom stereocenters. The molecule has 5 heteroatoms. The number of aryl methyl sites for hydroxylation is 1. The van der Waals surface area contributed by atoms with Crippen molar-refractivity contribution in [3.63, 3.8) is 0 Å². The number of anilines is 1. The molecule has 0 amide bonds. The molecule has 33 heavy (non-hydrogen) atoms. The van der Waals surface area contributed by atoms with Crippen LogP contribution in [0.5, 0.6) is 5.75 Å². The van der Waals surface area contributed by atoms with Crippen LogP contribution in [0.25, 0.3) is 20.8 Å². The molecular formula is C28H23ClN2OS. The summed E-state index contributed by atoms with van der Waals surface area (Å²) in [6.45, 7) is 3.36. The van der Waals surface area contributed by atoms with Crippen molar-refractivity contribution in [3.8, 4) is 16.3 Å². The molecule has 1 N–H and O–H groups in total. The molecule has 0 aliphatic rings. The van der Waals surface area contributed by atoms with E-state index in [9.17, 15) is 0 Å². The highest BCUT2D eigenvalue weighted by Gasteiger charge is 2.07. The molecule has 0 unspecified atom stereocenters. The fraction of sp³-hybridized carbons (Fsp3) is 0.107. The quantitative estimate of drug-likeness (QED) is 0.261. The molecular weight excluding hydrogens is 448 g/mol. The third kappa shape index (κ3) is 5.36. The highest BCUT2D eigenvalue weighted by Crippen LogP contribution is 2.31. The van der Waals surface area contributed by atoms with Gasteiger partial charge in [0.1, 0.15) is 17.4 Å². The molecule has 0 spiro atoms. The van der Waals surface area contributed by atoms with Gasteiger partial charge >= 0.3 is 0 Å². The van der Waals surface area contributed by atoms with Crippen molar-refractivity contribution in [3.05, 3.63) is 113 Å². The van der Waals surface area contributed by atoms with Crippen molar-refractivity contribution in [2.45, 2.75) is 20.1 Å². The minimum Gasteiger partial charge on any atom is -0.489 e. The highest BCUT2D eigenvalue weighted by atomic mass is 35.5. The third-order valence-corrected chi connectivity index (χ3v) is 6.69. The maximum atomic E-state index is 6.03. The number of nitrogens with zero attached hydrogens (tertiary/aromatic N) is 1. The summed E-state index contributed by atoms with van der Waals surface area (Å²) < 4.78 is 7.09. The minimum atomic E-state index is 0.499. The van der Waals surface area contributed by atoms with E-state index < -0.39 is 0 Å². The molecule has 0 aliphatic carbocycles. The smallest absolute Gasteiger partial charge is 0.124 e. The van der Waals surface area contributed by atoms with Gasteiger partial charge in [0.15, 0.2) is 0 Å². The van der Waals surface area contributed by atoms with Gasteiger partial charge in [-0.3, -0.25) is 0 Å². The summed E-state index contributed by atoms with van der Waals surface area (Å²) in [5, 5.41) is 5.26. The molecule has 164 valence electrons. The first-order valence-electron chi connectivity index (χ1n) is 10.8. The topological polar surface area (TPSA) is 34.2 Å². The van der Waals surface area contributed by atoms with E-state index >= 15 is 0 Å². The van der Waals surface area contributed by atoms with Gasteiger partial charge in [-0.25, -0.2) is 4.98 Å². The average molecular weight is 471 g/mol. The number of ether oxygens (including phenoxy) is 1. The van der Waals surface area contributed by atoms with Gasteiger partial charge in [-0.15, -0.1) is 11.3 Å². The molecule has 5 aromatic rings. The Morgan fingerprint density at radius 3 is 2.48 bits per heavy atom. The molecule has 1 aromatic heterocycles. The maximum absolute atomic E-state index is 6.03. The largest absolute Gasteiger partial charge is 0.489 e. The molecule has 1 heterocycles. The van der Waals surface area contributed by atoms with Crippen molar-refractivity contribution < 1.29 is 4.74 Å². The Kier molecular flexibility index (Phi) is 6.29. The van der Waals surface area contributed by atoms with Gasteiger partial charge in [0.25, 0.3) is 0 Å². The lowest BCUT2D eigenvalue weighted by atomic mass is 10.2. The van der Waals surface area contributed by atoms with Crippen molar-refractivity contribution in [2.24, 2.45) is 0 Å². The van der Waals surface area contributed by atoms with Crippen LogP contribution in [0.1, 0.15) is 16.7 Å². The first-order valence-corrected chi connectivity index (χ1v) is 12.0. The average Bonchev–Trinajstić information content (AvgIpc) is 3.26. The Morgan fingerprint density at radius 2 is 1.70 bits per heavy atom. The van der Waals surface area contributed by atoms with Crippen LogP contribution in [0.3, 0.4) is 0 Å². The highest BCUT2D eigenvalue weighted by molar-refractivity contribution is 7.21. The number of rotatable bonds is 7. The van der Waals surface area contributed by atoms with E-state index in [1.165, 1.54) is 15.8 Å². The second-order valence-electron chi connectivity index (χ2n) is 7.98. The fourth-order valence-corrected chi connectivity index (χ4v) is 4.87. The van der Waals surface area contributed by atoms with Crippen LogP contribution < -0.4 is 10.1 Å². The number of thiazole rings is 1. The predicted molar refractivity (Wildman–Crippen MR) is 139 cm³/mol. The van der Waals surface area contributed by atoms with Crippen LogP contribution in [-0.4, -0.2) is 4.98 Å². The summed E-state index contributed by atoms with van der Waals surface area (Å²) in [5.41, 5.74) is 6.78. The van der Waals surface area contributed by atoms with E-state index in [1.807, 2.05) is 36.4 Å². The van der Waals surface area contributed by atoms with Crippen molar-refractivity contribution >= 4 is 38.8 Å². The minimum absolute atomic E-state index is 0.499. The lowest BCUT2D eigenvalue weighted by Crippen LogP contribution is -2.00. The Labute approximate surface area is 202 Å². The summed E-state index contributed by atoms with van der Waals surface area (Å²) >= 11 is 7.76. The summed E-state index contributed by atoms with van der Waals surface area (Å²) in [5.74, 6) is 0.842. The monoisotopic (exact) mass is 470 g/mol. The summed E-state index contributed by atoms with van der Waals surface area (Å²) in [7, 11) is 0. The van der Waals surface area contributed by atoms with Gasteiger partial charge in [-0.1, -0.05) is 41.9 Å². The third-order valence-electron chi connectivity index (χ3n) is 5.39. The van der Waals surface area contributed by atoms with Crippen molar-refractivity contribution in [2.75, 3.05) is 5.32 Å². The van der Waals surface area contributed by atoms with Crippen LogP contribution in [0.2, 0.25) is 5.02 Å². The fourth-order valence-electron chi connectivity index (χ4n) is 3.59.